The van der Waals surface area contributed by atoms with Crippen LogP contribution in [0.2, 0.25) is 0 Å². The quantitative estimate of drug-likeness (QED) is 0.800. The van der Waals surface area contributed by atoms with Crippen LogP contribution < -0.4 is 0 Å². The molecule has 0 aliphatic carbocycles. The van der Waals surface area contributed by atoms with E-state index < -0.39 is 6.55 Å². The molecular formula is C16H20F2N4OS. The molecule has 5 nitrogen and oxygen atoms in total. The summed E-state index contributed by atoms with van der Waals surface area (Å²) >= 11 is 1.66. The number of halogens is 2. The van der Waals surface area contributed by atoms with Gasteiger partial charge in [-0.15, -0.1) is 11.3 Å². The summed E-state index contributed by atoms with van der Waals surface area (Å²) in [5.41, 5.74) is 0. The number of rotatable bonds is 6. The predicted molar refractivity (Wildman–Crippen MR) is 87.8 cm³/mol. The molecule has 3 rings (SSSR count). The number of likely N-dealkylation sites (tertiary alicyclic amines) is 1. The first kappa shape index (κ1) is 17.0. The minimum absolute atomic E-state index is 0.0311. The highest BCUT2D eigenvalue weighted by atomic mass is 32.1. The molecule has 0 saturated carbocycles. The average molecular weight is 354 g/mol. The molecule has 3 heterocycles. The smallest absolute Gasteiger partial charge is 0.319 e. The zero-order chi connectivity index (χ0) is 17.1. The van der Waals surface area contributed by atoms with Gasteiger partial charge in [0.25, 0.3) is 0 Å². The van der Waals surface area contributed by atoms with Gasteiger partial charge in [-0.2, -0.15) is 8.78 Å². The van der Waals surface area contributed by atoms with Gasteiger partial charge in [0.2, 0.25) is 5.91 Å². The normalized spacial score (nSPS) is 18.0. The summed E-state index contributed by atoms with van der Waals surface area (Å²) in [5.74, 6) is 0.292. The molecule has 1 amide bonds. The lowest BCUT2D eigenvalue weighted by atomic mass is 10.2. The van der Waals surface area contributed by atoms with E-state index in [0.717, 1.165) is 24.0 Å². The third-order valence-corrected chi connectivity index (χ3v) is 5.19. The highest BCUT2D eigenvalue weighted by Gasteiger charge is 2.31. The summed E-state index contributed by atoms with van der Waals surface area (Å²) in [4.78, 5) is 21.4. The van der Waals surface area contributed by atoms with Crippen molar-refractivity contribution in [3.05, 3.63) is 40.6 Å². The fourth-order valence-electron chi connectivity index (χ4n) is 3.11. The van der Waals surface area contributed by atoms with Crippen molar-refractivity contribution in [1.29, 1.82) is 0 Å². The van der Waals surface area contributed by atoms with E-state index in [0.29, 0.717) is 0 Å². The summed E-state index contributed by atoms with van der Waals surface area (Å²) in [5, 5.41) is 2.02. The molecule has 1 aliphatic heterocycles. The lowest BCUT2D eigenvalue weighted by Crippen LogP contribution is -2.38. The van der Waals surface area contributed by atoms with Crippen molar-refractivity contribution in [2.24, 2.45) is 0 Å². The van der Waals surface area contributed by atoms with E-state index in [4.69, 9.17) is 0 Å². The van der Waals surface area contributed by atoms with Crippen LogP contribution in [0, 0.1) is 0 Å². The molecular weight excluding hydrogens is 334 g/mol. The first-order valence-electron chi connectivity index (χ1n) is 7.87. The number of amides is 1. The number of nitrogens with zero attached hydrogens (tertiary/aromatic N) is 4. The number of hydrogen-bond acceptors (Lipinski definition) is 4. The highest BCUT2D eigenvalue weighted by Crippen LogP contribution is 2.34. The summed E-state index contributed by atoms with van der Waals surface area (Å²) in [7, 11) is 1.75. The zero-order valence-electron chi connectivity index (χ0n) is 13.4. The minimum atomic E-state index is -2.62. The van der Waals surface area contributed by atoms with E-state index in [2.05, 4.69) is 11.1 Å². The molecule has 0 radical (unpaired) electrons. The van der Waals surface area contributed by atoms with Gasteiger partial charge in [0.1, 0.15) is 5.82 Å². The first-order chi connectivity index (χ1) is 11.6. The third kappa shape index (κ3) is 3.64. The Morgan fingerprint density at radius 1 is 1.54 bits per heavy atom. The van der Waals surface area contributed by atoms with Crippen molar-refractivity contribution in [2.45, 2.75) is 32.0 Å². The Balaban J connectivity index is 1.60. The van der Waals surface area contributed by atoms with Crippen LogP contribution in [0.1, 0.15) is 36.1 Å². The number of alkyl halides is 2. The lowest BCUT2D eigenvalue weighted by molar-refractivity contribution is -0.133. The van der Waals surface area contributed by atoms with Crippen LogP contribution in [-0.4, -0.2) is 45.4 Å². The van der Waals surface area contributed by atoms with E-state index in [-0.39, 0.29) is 30.9 Å². The van der Waals surface area contributed by atoms with Gasteiger partial charge in [0.15, 0.2) is 0 Å². The van der Waals surface area contributed by atoms with Crippen LogP contribution in [0.4, 0.5) is 8.78 Å². The molecule has 0 spiro atoms. The average Bonchev–Trinajstić information content (AvgIpc) is 3.27. The van der Waals surface area contributed by atoms with Crippen molar-refractivity contribution in [2.75, 3.05) is 20.1 Å². The predicted octanol–water partition coefficient (Wildman–Crippen LogP) is 3.14. The maximum Gasteiger partial charge on any atom is 0.319 e. The molecule has 0 aromatic carbocycles. The molecule has 0 N–H and O–H groups in total. The molecule has 0 bridgehead atoms. The van der Waals surface area contributed by atoms with Crippen LogP contribution in [0.5, 0.6) is 0 Å². The maximum absolute atomic E-state index is 12.9. The monoisotopic (exact) mass is 354 g/mol. The standard InChI is InChI=1S/C16H20F2N4OS/c1-20(10-14-19-6-8-22(14)16(17)18)11-15(23)21-7-2-4-12(21)13-5-3-9-24-13/h3,5-6,8-9,12,16H,2,4,7,10-11H2,1H3. The van der Waals surface area contributed by atoms with Crippen molar-refractivity contribution in [3.8, 4) is 0 Å². The van der Waals surface area contributed by atoms with Gasteiger partial charge in [0, 0.05) is 23.8 Å². The van der Waals surface area contributed by atoms with Crippen LogP contribution in [0.25, 0.3) is 0 Å². The molecule has 1 atom stereocenters. The first-order valence-corrected chi connectivity index (χ1v) is 8.75. The summed E-state index contributed by atoms with van der Waals surface area (Å²) in [6, 6.07) is 4.20. The molecule has 130 valence electrons. The molecule has 1 fully saturated rings. The van der Waals surface area contributed by atoms with Crippen LogP contribution in [0.3, 0.4) is 0 Å². The van der Waals surface area contributed by atoms with Gasteiger partial charge >= 0.3 is 6.55 Å². The second kappa shape index (κ2) is 7.40. The van der Waals surface area contributed by atoms with E-state index in [1.165, 1.54) is 17.3 Å². The van der Waals surface area contributed by atoms with Crippen molar-refractivity contribution in [1.82, 2.24) is 19.4 Å². The van der Waals surface area contributed by atoms with E-state index in [1.54, 1.807) is 23.3 Å². The molecule has 8 heteroatoms. The van der Waals surface area contributed by atoms with Gasteiger partial charge in [-0.3, -0.25) is 14.3 Å². The Kier molecular flexibility index (Phi) is 5.25. The second-order valence-corrected chi connectivity index (χ2v) is 6.94. The van der Waals surface area contributed by atoms with Gasteiger partial charge in [-0.05, 0) is 31.3 Å². The van der Waals surface area contributed by atoms with E-state index >= 15 is 0 Å². The lowest BCUT2D eigenvalue weighted by Gasteiger charge is -2.26. The van der Waals surface area contributed by atoms with Gasteiger partial charge in [0.05, 0.1) is 19.1 Å². The Bertz CT molecular complexity index is 673. The summed E-state index contributed by atoms with van der Waals surface area (Å²) in [6.45, 7) is -1.46. The number of carbonyl (C=O) groups is 1. The van der Waals surface area contributed by atoms with Gasteiger partial charge in [-0.25, -0.2) is 4.98 Å². The Hall–Kier alpha value is -1.80. The molecule has 2 aromatic heterocycles. The number of aromatic nitrogens is 2. The minimum Gasteiger partial charge on any atom is -0.334 e. The Morgan fingerprint density at radius 2 is 2.38 bits per heavy atom. The largest absolute Gasteiger partial charge is 0.334 e. The van der Waals surface area contributed by atoms with Crippen molar-refractivity contribution < 1.29 is 13.6 Å². The topological polar surface area (TPSA) is 41.4 Å². The number of carbonyl (C=O) groups excluding carboxylic acids is 1. The fourth-order valence-corrected chi connectivity index (χ4v) is 3.98. The summed E-state index contributed by atoms with van der Waals surface area (Å²) < 4.78 is 26.5. The summed E-state index contributed by atoms with van der Waals surface area (Å²) in [6.07, 6.45) is 4.58. The van der Waals surface area contributed by atoms with Gasteiger partial charge in [-0.1, -0.05) is 6.07 Å². The maximum atomic E-state index is 12.9. The number of thiophene rings is 1. The van der Waals surface area contributed by atoms with Crippen molar-refractivity contribution >= 4 is 17.2 Å². The second-order valence-electron chi connectivity index (χ2n) is 5.96. The highest BCUT2D eigenvalue weighted by molar-refractivity contribution is 7.10. The fraction of sp³-hybridized carbons (Fsp3) is 0.500. The Labute approximate surface area is 143 Å². The van der Waals surface area contributed by atoms with Crippen LogP contribution in [-0.2, 0) is 11.3 Å². The number of likely N-dealkylation sites (N-methyl/N-ethyl adjacent to an activating group) is 1. The molecule has 1 unspecified atom stereocenters. The SMILES string of the molecule is CN(CC(=O)N1CCCC1c1cccs1)Cc1nccn1C(F)F. The van der Waals surface area contributed by atoms with E-state index in [1.807, 2.05) is 16.3 Å². The zero-order valence-corrected chi connectivity index (χ0v) is 14.3. The van der Waals surface area contributed by atoms with E-state index in [9.17, 15) is 13.6 Å². The molecule has 2 aromatic rings. The van der Waals surface area contributed by atoms with Crippen molar-refractivity contribution in [3.63, 3.8) is 0 Å². The Morgan fingerprint density at radius 3 is 3.08 bits per heavy atom. The van der Waals surface area contributed by atoms with Crippen LogP contribution >= 0.6 is 11.3 Å². The molecule has 1 aliphatic rings. The third-order valence-electron chi connectivity index (χ3n) is 4.22. The van der Waals surface area contributed by atoms with Crippen LogP contribution in [0.15, 0.2) is 29.9 Å². The number of hydrogen-bond donors (Lipinski definition) is 0. The van der Waals surface area contributed by atoms with Gasteiger partial charge < -0.3 is 4.90 Å². The molecule has 1 saturated heterocycles. The number of imidazole rings is 1. The molecule has 24 heavy (non-hydrogen) atoms.